The lowest BCUT2D eigenvalue weighted by Gasteiger charge is -2.02. The van der Waals surface area contributed by atoms with Crippen LogP contribution in [0.25, 0.3) is 16.9 Å². The molecule has 1 N–H and O–H groups in total. The maximum absolute atomic E-state index is 5.36. The van der Waals surface area contributed by atoms with Crippen molar-refractivity contribution in [2.24, 2.45) is 0 Å². The average Bonchev–Trinajstić information content (AvgIpc) is 3.05. The van der Waals surface area contributed by atoms with Gasteiger partial charge in [-0.1, -0.05) is 0 Å². The third kappa shape index (κ3) is 1.59. The molecule has 1 aliphatic heterocycles. The first-order valence-corrected chi connectivity index (χ1v) is 6.06. The molecule has 19 heavy (non-hydrogen) atoms. The number of fused-ring (bicyclic) bond motifs is 2. The van der Waals surface area contributed by atoms with Gasteiger partial charge in [-0.3, -0.25) is 0 Å². The Labute approximate surface area is 112 Å². The van der Waals surface area contributed by atoms with E-state index in [1.807, 2.05) is 30.3 Å². The number of hydrogen-bond acceptors (Lipinski definition) is 5. The van der Waals surface area contributed by atoms with Crippen molar-refractivity contribution >= 4 is 17.9 Å². The molecule has 0 bridgehead atoms. The van der Waals surface area contributed by atoms with Crippen LogP contribution in [-0.2, 0) is 0 Å². The molecule has 3 heterocycles. The van der Waals surface area contributed by atoms with Crippen molar-refractivity contribution in [1.82, 2.24) is 19.8 Å². The molecule has 94 valence electrons. The summed E-state index contributed by atoms with van der Waals surface area (Å²) in [7, 11) is 0. The van der Waals surface area contributed by atoms with Gasteiger partial charge in [-0.05, 0) is 42.5 Å². The van der Waals surface area contributed by atoms with Gasteiger partial charge in [0.2, 0.25) is 11.6 Å². The van der Waals surface area contributed by atoms with Gasteiger partial charge in [0.1, 0.15) is 0 Å². The quantitative estimate of drug-likeness (QED) is 0.688. The van der Waals surface area contributed by atoms with E-state index < -0.39 is 0 Å². The molecule has 0 amide bonds. The van der Waals surface area contributed by atoms with E-state index in [2.05, 4.69) is 15.3 Å². The third-order valence-corrected chi connectivity index (χ3v) is 3.21. The topological polar surface area (TPSA) is 64.4 Å². The Hall–Kier alpha value is -2.41. The first-order chi connectivity index (χ1) is 9.31. The lowest BCUT2D eigenvalue weighted by atomic mass is 10.1. The molecule has 0 aliphatic carbocycles. The number of ether oxygens (including phenoxy) is 2. The number of rotatable bonds is 1. The fourth-order valence-electron chi connectivity index (χ4n) is 2.01. The molecule has 3 aromatic rings. The van der Waals surface area contributed by atoms with Gasteiger partial charge in [0.05, 0.1) is 5.69 Å². The fraction of sp³-hybridized carbons (Fsp3) is 0.0833. The van der Waals surface area contributed by atoms with Crippen LogP contribution < -0.4 is 9.47 Å². The molecule has 2 aromatic heterocycles. The summed E-state index contributed by atoms with van der Waals surface area (Å²) >= 11 is 5.11. The molecular formula is C12H8N4O2S. The Balaban J connectivity index is 1.89. The molecule has 6 nitrogen and oxygen atoms in total. The lowest BCUT2D eigenvalue weighted by molar-refractivity contribution is 0.174. The number of aromatic nitrogens is 4. The molecule has 1 aromatic carbocycles. The van der Waals surface area contributed by atoms with Gasteiger partial charge in [-0.25, -0.2) is 5.10 Å². The molecule has 1 aliphatic rings. The molecule has 7 heteroatoms. The number of H-pyrrole nitrogens is 1. The number of benzene rings is 1. The number of nitrogens with one attached hydrogen (secondary N) is 1. The Morgan fingerprint density at radius 1 is 1.16 bits per heavy atom. The van der Waals surface area contributed by atoms with Crippen LogP contribution in [0.1, 0.15) is 0 Å². The van der Waals surface area contributed by atoms with E-state index >= 15 is 0 Å². The second-order valence-corrected chi connectivity index (χ2v) is 4.47. The van der Waals surface area contributed by atoms with Gasteiger partial charge >= 0.3 is 0 Å². The minimum Gasteiger partial charge on any atom is -0.454 e. The Kier molecular flexibility index (Phi) is 2.10. The fourth-order valence-corrected chi connectivity index (χ4v) is 2.19. The Bertz CT molecular complexity index is 839. The van der Waals surface area contributed by atoms with Crippen LogP contribution >= 0.6 is 12.2 Å². The van der Waals surface area contributed by atoms with Crippen LogP contribution in [-0.4, -0.2) is 26.6 Å². The minimum absolute atomic E-state index is 0.262. The molecule has 0 radical (unpaired) electrons. The highest BCUT2D eigenvalue weighted by molar-refractivity contribution is 7.71. The molecule has 0 unspecified atom stereocenters. The maximum Gasteiger partial charge on any atom is 0.231 e. The largest absolute Gasteiger partial charge is 0.454 e. The van der Waals surface area contributed by atoms with Gasteiger partial charge in [0.15, 0.2) is 17.1 Å². The first kappa shape index (κ1) is 10.5. The molecule has 0 fully saturated rings. The van der Waals surface area contributed by atoms with Gasteiger partial charge in [0, 0.05) is 5.56 Å². The smallest absolute Gasteiger partial charge is 0.231 e. The standard InChI is InChI=1S/C12H8N4O2S/c19-12-14-13-11-4-2-8(15-16(11)12)7-1-3-9-10(5-7)18-6-17-9/h1-5H,6H2,(H,14,19). The average molecular weight is 272 g/mol. The van der Waals surface area contributed by atoms with Crippen molar-refractivity contribution in [1.29, 1.82) is 0 Å². The summed E-state index contributed by atoms with van der Waals surface area (Å²) in [4.78, 5) is 0. The highest BCUT2D eigenvalue weighted by Gasteiger charge is 2.14. The highest BCUT2D eigenvalue weighted by Crippen LogP contribution is 2.35. The van der Waals surface area contributed by atoms with Crippen molar-refractivity contribution in [3.63, 3.8) is 0 Å². The summed E-state index contributed by atoms with van der Waals surface area (Å²) in [6.07, 6.45) is 0. The van der Waals surface area contributed by atoms with Gasteiger partial charge in [0.25, 0.3) is 0 Å². The van der Waals surface area contributed by atoms with Crippen molar-refractivity contribution in [2.75, 3.05) is 6.79 Å². The van der Waals surface area contributed by atoms with E-state index in [9.17, 15) is 0 Å². The molecule has 0 saturated carbocycles. The SMILES string of the molecule is S=c1[nH]nc2ccc(-c3ccc4c(c3)OCO4)nn12. The van der Waals surface area contributed by atoms with E-state index in [1.54, 1.807) is 4.52 Å². The zero-order valence-corrected chi connectivity index (χ0v) is 10.5. The predicted molar refractivity (Wildman–Crippen MR) is 69.7 cm³/mol. The zero-order valence-electron chi connectivity index (χ0n) is 9.66. The first-order valence-electron chi connectivity index (χ1n) is 5.66. The lowest BCUT2D eigenvalue weighted by Crippen LogP contribution is -1.94. The third-order valence-electron chi connectivity index (χ3n) is 2.94. The zero-order chi connectivity index (χ0) is 12.8. The van der Waals surface area contributed by atoms with Crippen LogP contribution in [0.3, 0.4) is 0 Å². The molecule has 0 spiro atoms. The van der Waals surface area contributed by atoms with Crippen molar-refractivity contribution < 1.29 is 9.47 Å². The van der Waals surface area contributed by atoms with E-state index in [0.717, 1.165) is 22.8 Å². The summed E-state index contributed by atoms with van der Waals surface area (Å²) in [6, 6.07) is 9.46. The van der Waals surface area contributed by atoms with Crippen LogP contribution in [0.2, 0.25) is 0 Å². The predicted octanol–water partition coefficient (Wildman–Crippen LogP) is 2.18. The molecule has 4 rings (SSSR count). The van der Waals surface area contributed by atoms with E-state index in [-0.39, 0.29) is 6.79 Å². The van der Waals surface area contributed by atoms with Crippen LogP contribution in [0.5, 0.6) is 11.5 Å². The number of aromatic amines is 1. The van der Waals surface area contributed by atoms with E-state index in [4.69, 9.17) is 21.7 Å². The Morgan fingerprint density at radius 3 is 3.00 bits per heavy atom. The molecule has 0 atom stereocenters. The summed E-state index contributed by atoms with van der Waals surface area (Å²) < 4.78 is 12.7. The van der Waals surface area contributed by atoms with Crippen molar-refractivity contribution in [3.8, 4) is 22.8 Å². The van der Waals surface area contributed by atoms with Crippen LogP contribution in [0.15, 0.2) is 30.3 Å². The monoisotopic (exact) mass is 272 g/mol. The van der Waals surface area contributed by atoms with Gasteiger partial charge in [-0.2, -0.15) is 14.7 Å². The molecular weight excluding hydrogens is 264 g/mol. The second kappa shape index (κ2) is 3.79. The van der Waals surface area contributed by atoms with Crippen LogP contribution in [0, 0.1) is 4.77 Å². The summed E-state index contributed by atoms with van der Waals surface area (Å²) in [6.45, 7) is 0.262. The van der Waals surface area contributed by atoms with Gasteiger partial charge in [-0.15, -0.1) is 0 Å². The second-order valence-electron chi connectivity index (χ2n) is 4.09. The van der Waals surface area contributed by atoms with Gasteiger partial charge < -0.3 is 9.47 Å². The highest BCUT2D eigenvalue weighted by atomic mass is 32.1. The minimum atomic E-state index is 0.262. The van der Waals surface area contributed by atoms with Crippen molar-refractivity contribution in [3.05, 3.63) is 35.1 Å². The van der Waals surface area contributed by atoms with E-state index in [1.165, 1.54) is 0 Å². The summed E-state index contributed by atoms with van der Waals surface area (Å²) in [5.74, 6) is 1.49. The maximum atomic E-state index is 5.36. The normalized spacial score (nSPS) is 13.1. The van der Waals surface area contributed by atoms with Crippen LogP contribution in [0.4, 0.5) is 0 Å². The number of nitrogens with zero attached hydrogens (tertiary/aromatic N) is 3. The number of hydrogen-bond donors (Lipinski definition) is 1. The Morgan fingerprint density at radius 2 is 2.05 bits per heavy atom. The molecule has 0 saturated heterocycles. The van der Waals surface area contributed by atoms with E-state index in [0.29, 0.717) is 10.4 Å². The van der Waals surface area contributed by atoms with Crippen molar-refractivity contribution in [2.45, 2.75) is 0 Å². The summed E-state index contributed by atoms with van der Waals surface area (Å²) in [5.41, 5.74) is 2.42. The summed E-state index contributed by atoms with van der Waals surface area (Å²) in [5, 5.41) is 11.2.